The minimum Gasteiger partial charge on any atom is -0.309 e. The maximum absolute atomic E-state index is 2.46. The van der Waals surface area contributed by atoms with E-state index in [2.05, 4.69) is 215 Å². The maximum Gasteiger partial charge on any atom is 0.0548 e. The van der Waals surface area contributed by atoms with E-state index >= 15 is 0 Å². The van der Waals surface area contributed by atoms with E-state index in [9.17, 15) is 0 Å². The fourth-order valence-electron chi connectivity index (χ4n) is 9.52. The molecule has 0 atom stereocenters. The van der Waals surface area contributed by atoms with E-state index in [0.717, 1.165) is 5.69 Å². The standard InChI is InChI=1S/C54H34N2/c1-2-16-37(17-3-1)55-49-27-12-10-25-46(49)53-51(55)31-32-52-54(53)47-26-11-13-28-50(47)56(52)38-18-14-15-35(33-38)36-29-30-45-43-23-7-6-21-41(43)39-19-4-5-20-40(39)42-22-8-9-24-44(42)48(45)34-36/h1-34H. The molecular formula is C54H34N2. The van der Waals surface area contributed by atoms with Crippen molar-refractivity contribution in [3.63, 3.8) is 0 Å². The van der Waals surface area contributed by atoms with Crippen molar-refractivity contribution in [1.82, 2.24) is 9.13 Å². The summed E-state index contributed by atoms with van der Waals surface area (Å²) in [6, 6.07) is 75.8. The second kappa shape index (κ2) is 12.0. The van der Waals surface area contributed by atoms with Crippen LogP contribution >= 0.6 is 0 Å². The Morgan fingerprint density at radius 2 is 0.643 bits per heavy atom. The van der Waals surface area contributed by atoms with Crippen LogP contribution in [0.5, 0.6) is 0 Å². The van der Waals surface area contributed by atoms with Gasteiger partial charge < -0.3 is 9.13 Å². The summed E-state index contributed by atoms with van der Waals surface area (Å²) in [4.78, 5) is 0. The third-order valence-electron chi connectivity index (χ3n) is 11.9. The Labute approximate surface area is 324 Å². The number of hydrogen-bond donors (Lipinski definition) is 0. The molecule has 11 aromatic rings. The number of para-hydroxylation sites is 3. The molecule has 0 saturated carbocycles. The van der Waals surface area contributed by atoms with Crippen molar-refractivity contribution in [2.24, 2.45) is 0 Å². The van der Waals surface area contributed by atoms with Crippen molar-refractivity contribution in [3.05, 3.63) is 206 Å². The normalized spacial score (nSPS) is 11.9. The number of benzene rings is 9. The summed E-state index contributed by atoms with van der Waals surface area (Å²) in [5, 5.41) is 5.09. The van der Waals surface area contributed by atoms with Crippen molar-refractivity contribution >= 4 is 43.6 Å². The molecule has 0 bridgehead atoms. The lowest BCUT2D eigenvalue weighted by Gasteiger charge is -2.23. The molecule has 56 heavy (non-hydrogen) atoms. The Kier molecular flexibility index (Phi) is 6.66. The number of fused-ring (bicyclic) bond motifs is 15. The van der Waals surface area contributed by atoms with Gasteiger partial charge in [0.25, 0.3) is 0 Å². The Morgan fingerprint density at radius 1 is 0.232 bits per heavy atom. The van der Waals surface area contributed by atoms with Gasteiger partial charge in [0, 0.05) is 32.9 Å². The first-order valence-electron chi connectivity index (χ1n) is 19.4. The Hall–Kier alpha value is -7.42. The molecule has 2 heterocycles. The van der Waals surface area contributed by atoms with Gasteiger partial charge in [-0.25, -0.2) is 0 Å². The summed E-state index contributed by atoms with van der Waals surface area (Å²) in [6.07, 6.45) is 0. The van der Waals surface area contributed by atoms with Gasteiger partial charge in [-0.3, -0.25) is 0 Å². The van der Waals surface area contributed by atoms with Crippen molar-refractivity contribution in [2.75, 3.05) is 0 Å². The van der Waals surface area contributed by atoms with E-state index < -0.39 is 0 Å². The van der Waals surface area contributed by atoms with E-state index in [0.29, 0.717) is 0 Å². The van der Waals surface area contributed by atoms with Crippen LogP contribution in [0.1, 0.15) is 0 Å². The highest BCUT2D eigenvalue weighted by Crippen LogP contribution is 2.49. The Bertz CT molecular complexity index is 3350. The summed E-state index contributed by atoms with van der Waals surface area (Å²) in [6.45, 7) is 0. The van der Waals surface area contributed by atoms with Crippen LogP contribution in [0.2, 0.25) is 0 Å². The lowest BCUT2D eigenvalue weighted by molar-refractivity contribution is 1.17. The number of hydrogen-bond acceptors (Lipinski definition) is 0. The topological polar surface area (TPSA) is 9.86 Å². The lowest BCUT2D eigenvalue weighted by Crippen LogP contribution is -1.97. The van der Waals surface area contributed by atoms with Gasteiger partial charge in [0.05, 0.1) is 22.1 Å². The van der Waals surface area contributed by atoms with Gasteiger partial charge in [0.1, 0.15) is 0 Å². The molecule has 2 aromatic heterocycles. The summed E-state index contributed by atoms with van der Waals surface area (Å²) < 4.78 is 4.87. The largest absolute Gasteiger partial charge is 0.309 e. The van der Waals surface area contributed by atoms with Crippen LogP contribution in [0.15, 0.2) is 206 Å². The minimum atomic E-state index is 1.14. The SMILES string of the molecule is c1ccc(-n2c3ccccc3c3c4c5ccccc5n(-c5cccc(-c6ccc7c(c6)-c6ccccc6-c6ccccc6-c6ccccc6-7)c5)c4ccc32)cc1. The first kappa shape index (κ1) is 31.0. The van der Waals surface area contributed by atoms with Gasteiger partial charge in [0.2, 0.25) is 0 Å². The van der Waals surface area contributed by atoms with Crippen molar-refractivity contribution in [1.29, 1.82) is 0 Å². The van der Waals surface area contributed by atoms with Gasteiger partial charge >= 0.3 is 0 Å². The molecule has 0 radical (unpaired) electrons. The quantitative estimate of drug-likeness (QED) is 0.173. The van der Waals surface area contributed by atoms with Gasteiger partial charge in [-0.05, 0) is 110 Å². The molecule has 0 fully saturated rings. The second-order valence-electron chi connectivity index (χ2n) is 14.8. The Morgan fingerprint density at radius 3 is 1.20 bits per heavy atom. The zero-order chi connectivity index (χ0) is 36.7. The number of nitrogens with zero attached hydrogens (tertiary/aromatic N) is 2. The highest BCUT2D eigenvalue weighted by molar-refractivity contribution is 6.29. The van der Waals surface area contributed by atoms with E-state index in [1.165, 1.54) is 105 Å². The summed E-state index contributed by atoms with van der Waals surface area (Å²) in [5.41, 5.74) is 19.6. The summed E-state index contributed by atoms with van der Waals surface area (Å²) in [5.74, 6) is 0. The third kappa shape index (κ3) is 4.44. The van der Waals surface area contributed by atoms with E-state index in [4.69, 9.17) is 0 Å². The summed E-state index contributed by atoms with van der Waals surface area (Å²) in [7, 11) is 0. The van der Waals surface area contributed by atoms with E-state index in [-0.39, 0.29) is 0 Å². The van der Waals surface area contributed by atoms with Crippen LogP contribution in [0.3, 0.4) is 0 Å². The van der Waals surface area contributed by atoms with Crippen LogP contribution in [0.25, 0.3) is 111 Å². The van der Waals surface area contributed by atoms with Crippen LogP contribution in [-0.2, 0) is 0 Å². The fourth-order valence-corrected chi connectivity index (χ4v) is 9.52. The van der Waals surface area contributed by atoms with Crippen molar-refractivity contribution in [2.45, 2.75) is 0 Å². The molecule has 0 N–H and O–H groups in total. The van der Waals surface area contributed by atoms with Gasteiger partial charge in [-0.2, -0.15) is 0 Å². The van der Waals surface area contributed by atoms with Crippen LogP contribution in [-0.4, -0.2) is 9.13 Å². The molecule has 0 spiro atoms. The molecule has 9 aromatic carbocycles. The van der Waals surface area contributed by atoms with E-state index in [1.807, 2.05) is 0 Å². The van der Waals surface area contributed by atoms with Gasteiger partial charge in [-0.15, -0.1) is 0 Å². The maximum atomic E-state index is 2.46. The average molecular weight is 711 g/mol. The zero-order valence-corrected chi connectivity index (χ0v) is 30.5. The molecule has 1 aliphatic rings. The van der Waals surface area contributed by atoms with E-state index in [1.54, 1.807) is 0 Å². The van der Waals surface area contributed by atoms with Gasteiger partial charge in [-0.1, -0.05) is 152 Å². The molecule has 0 saturated heterocycles. The monoisotopic (exact) mass is 710 g/mol. The van der Waals surface area contributed by atoms with Crippen LogP contribution in [0.4, 0.5) is 0 Å². The molecule has 12 rings (SSSR count). The molecule has 260 valence electrons. The predicted octanol–water partition coefficient (Wildman–Crippen LogP) is 14.5. The van der Waals surface area contributed by atoms with Gasteiger partial charge in [0.15, 0.2) is 0 Å². The molecule has 0 aliphatic heterocycles. The average Bonchev–Trinajstić information content (AvgIpc) is 3.79. The predicted molar refractivity (Wildman–Crippen MR) is 236 cm³/mol. The highest BCUT2D eigenvalue weighted by atomic mass is 15.0. The highest BCUT2D eigenvalue weighted by Gasteiger charge is 2.23. The molecule has 1 aliphatic carbocycles. The molecule has 2 heteroatoms. The smallest absolute Gasteiger partial charge is 0.0548 e. The molecule has 0 unspecified atom stereocenters. The van der Waals surface area contributed by atoms with Crippen LogP contribution in [0, 0.1) is 0 Å². The first-order chi connectivity index (χ1) is 27.8. The Balaban J connectivity index is 1.08. The van der Waals surface area contributed by atoms with Crippen LogP contribution < -0.4 is 0 Å². The molecule has 2 nitrogen and oxygen atoms in total. The fraction of sp³-hybridized carbons (Fsp3) is 0. The minimum absolute atomic E-state index is 1.14. The zero-order valence-electron chi connectivity index (χ0n) is 30.5. The summed E-state index contributed by atoms with van der Waals surface area (Å²) >= 11 is 0. The first-order valence-corrected chi connectivity index (χ1v) is 19.4. The number of rotatable bonds is 3. The second-order valence-corrected chi connectivity index (χ2v) is 14.8. The molecular weight excluding hydrogens is 677 g/mol. The lowest BCUT2D eigenvalue weighted by atomic mass is 9.80. The van der Waals surface area contributed by atoms with Crippen molar-refractivity contribution < 1.29 is 0 Å². The number of aromatic nitrogens is 2. The third-order valence-corrected chi connectivity index (χ3v) is 11.9. The van der Waals surface area contributed by atoms with Crippen molar-refractivity contribution in [3.8, 4) is 67.0 Å². The molecule has 0 amide bonds.